The van der Waals surface area contributed by atoms with Crippen molar-refractivity contribution in [3.63, 3.8) is 0 Å². The molecule has 0 aliphatic rings. The lowest BCUT2D eigenvalue weighted by Gasteiger charge is -2.25. The van der Waals surface area contributed by atoms with E-state index < -0.39 is 0 Å². The highest BCUT2D eigenvalue weighted by Gasteiger charge is 2.18. The van der Waals surface area contributed by atoms with Crippen LogP contribution in [0.1, 0.15) is 0 Å². The van der Waals surface area contributed by atoms with E-state index >= 15 is 0 Å². The minimum absolute atomic E-state index is 0.889. The number of para-hydroxylation sites is 6. The predicted octanol–water partition coefficient (Wildman–Crippen LogP) is 14.0. The molecule has 3 heteroatoms. The maximum atomic E-state index is 6.54. The molecule has 10 aromatic rings. The third kappa shape index (κ3) is 4.98. The van der Waals surface area contributed by atoms with Gasteiger partial charge < -0.3 is 13.7 Å². The number of benzene rings is 8. The maximum absolute atomic E-state index is 6.54. The summed E-state index contributed by atoms with van der Waals surface area (Å²) in [5, 5.41) is 4.46. The van der Waals surface area contributed by atoms with E-state index in [4.69, 9.17) is 8.83 Å². The molecule has 10 rings (SSSR count). The lowest BCUT2D eigenvalue weighted by atomic mass is 9.92. The van der Waals surface area contributed by atoms with Crippen LogP contribution in [0.3, 0.4) is 0 Å². The van der Waals surface area contributed by atoms with Crippen LogP contribution in [0.25, 0.3) is 77.3 Å². The van der Waals surface area contributed by atoms with Gasteiger partial charge in [-0.05, 0) is 89.0 Å². The fourth-order valence-corrected chi connectivity index (χ4v) is 7.46. The molecule has 0 spiro atoms. The summed E-state index contributed by atoms with van der Waals surface area (Å²) in [4.78, 5) is 2.29. The highest BCUT2D eigenvalue weighted by molar-refractivity contribution is 6.11. The fourth-order valence-electron chi connectivity index (χ4n) is 7.46. The van der Waals surface area contributed by atoms with E-state index in [-0.39, 0.29) is 0 Å². The minimum atomic E-state index is 0.889. The second-order valence-corrected chi connectivity index (χ2v) is 12.9. The first-order valence-electron chi connectivity index (χ1n) is 17.3. The normalized spacial score (nSPS) is 11.5. The van der Waals surface area contributed by atoms with Crippen molar-refractivity contribution < 1.29 is 8.83 Å². The topological polar surface area (TPSA) is 29.5 Å². The summed E-state index contributed by atoms with van der Waals surface area (Å²) in [6.07, 6.45) is 0. The number of fused-ring (bicyclic) bond motifs is 6. The van der Waals surface area contributed by atoms with Gasteiger partial charge in [-0.3, -0.25) is 0 Å². The highest BCUT2D eigenvalue weighted by atomic mass is 16.3. The Balaban J connectivity index is 1.16. The Kier molecular flexibility index (Phi) is 6.81. The van der Waals surface area contributed by atoms with Crippen molar-refractivity contribution in [2.75, 3.05) is 4.90 Å². The van der Waals surface area contributed by atoms with Crippen molar-refractivity contribution in [2.24, 2.45) is 0 Å². The van der Waals surface area contributed by atoms with Gasteiger partial charge in [-0.1, -0.05) is 121 Å². The van der Waals surface area contributed by atoms with Gasteiger partial charge >= 0.3 is 0 Å². The highest BCUT2D eigenvalue weighted by Crippen LogP contribution is 2.42. The van der Waals surface area contributed by atoms with Crippen LogP contribution in [-0.4, -0.2) is 0 Å². The van der Waals surface area contributed by atoms with Crippen LogP contribution in [0.2, 0.25) is 0 Å². The van der Waals surface area contributed by atoms with Gasteiger partial charge in [-0.15, -0.1) is 0 Å². The van der Waals surface area contributed by atoms with Crippen molar-refractivity contribution in [2.45, 2.75) is 0 Å². The van der Waals surface area contributed by atoms with Crippen molar-refractivity contribution in [1.29, 1.82) is 0 Å². The van der Waals surface area contributed by atoms with Crippen molar-refractivity contribution >= 4 is 60.9 Å². The minimum Gasteiger partial charge on any atom is -0.455 e. The molecular weight excluding hydrogens is 623 g/mol. The average molecular weight is 654 g/mol. The second kappa shape index (κ2) is 11.9. The molecule has 51 heavy (non-hydrogen) atoms. The van der Waals surface area contributed by atoms with Gasteiger partial charge in [0.05, 0.1) is 0 Å². The number of rotatable bonds is 6. The van der Waals surface area contributed by atoms with Crippen LogP contribution in [-0.2, 0) is 0 Å². The molecule has 8 aromatic carbocycles. The van der Waals surface area contributed by atoms with Crippen LogP contribution >= 0.6 is 0 Å². The summed E-state index contributed by atoms with van der Waals surface area (Å²) in [5.74, 6) is 0. The Bertz CT molecular complexity index is 2680. The summed E-state index contributed by atoms with van der Waals surface area (Å²) in [6.45, 7) is 0. The number of nitrogens with zero attached hydrogens (tertiary/aromatic N) is 1. The number of hydrogen-bond acceptors (Lipinski definition) is 3. The quantitative estimate of drug-likeness (QED) is 0.179. The van der Waals surface area contributed by atoms with Gasteiger partial charge in [-0.2, -0.15) is 0 Å². The monoisotopic (exact) mass is 653 g/mol. The van der Waals surface area contributed by atoms with Crippen LogP contribution < -0.4 is 4.90 Å². The number of anilines is 3. The second-order valence-electron chi connectivity index (χ2n) is 12.9. The zero-order chi connectivity index (χ0) is 33.7. The van der Waals surface area contributed by atoms with Crippen LogP contribution in [0.4, 0.5) is 17.1 Å². The third-order valence-electron chi connectivity index (χ3n) is 9.85. The Morgan fingerprint density at radius 3 is 1.22 bits per heavy atom. The van der Waals surface area contributed by atoms with Gasteiger partial charge in [0.25, 0.3) is 0 Å². The fraction of sp³-hybridized carbons (Fsp3) is 0. The number of furan rings is 2. The van der Waals surface area contributed by atoms with Crippen molar-refractivity contribution in [3.05, 3.63) is 188 Å². The molecule has 0 fully saturated rings. The number of hydrogen-bond donors (Lipinski definition) is 0. The summed E-state index contributed by atoms with van der Waals surface area (Å²) in [7, 11) is 0. The Labute approximate surface area is 295 Å². The molecule has 2 aromatic heterocycles. The standard InChI is InChI=1S/C48H31NO2/c1-3-13-36(14-4-1)49(37-15-5-2-6-16-37)38-27-25-32(26-28-38)33-29-34(39-19-11-21-43-41-17-7-9-23-45(41)50-47(39)43)31-35(30-33)40-20-12-22-44-42-18-8-10-24-46(42)51-48(40)44/h1-31H. The maximum Gasteiger partial charge on any atom is 0.143 e. The van der Waals surface area contributed by atoms with Gasteiger partial charge in [0.1, 0.15) is 22.3 Å². The van der Waals surface area contributed by atoms with Crippen LogP contribution in [0, 0.1) is 0 Å². The molecule has 0 bridgehead atoms. The lowest BCUT2D eigenvalue weighted by molar-refractivity contribution is 0.670. The molecule has 0 unspecified atom stereocenters. The van der Waals surface area contributed by atoms with E-state index in [0.29, 0.717) is 0 Å². The van der Waals surface area contributed by atoms with Crippen LogP contribution in [0.15, 0.2) is 197 Å². The molecule has 0 radical (unpaired) electrons. The molecule has 0 saturated heterocycles. The molecule has 240 valence electrons. The zero-order valence-electron chi connectivity index (χ0n) is 27.7. The van der Waals surface area contributed by atoms with E-state index in [1.807, 2.05) is 24.3 Å². The van der Waals surface area contributed by atoms with Crippen molar-refractivity contribution in [3.8, 4) is 33.4 Å². The Morgan fingerprint density at radius 2 is 0.706 bits per heavy atom. The molecule has 0 amide bonds. The molecule has 2 heterocycles. The lowest BCUT2D eigenvalue weighted by Crippen LogP contribution is -2.09. The summed E-state index contributed by atoms with van der Waals surface area (Å²) in [6, 6.07) is 66.1. The first kappa shape index (κ1) is 29.1. The SMILES string of the molecule is c1ccc(N(c2ccccc2)c2ccc(-c3cc(-c4cccc5c4oc4ccccc45)cc(-c4cccc5c4oc4ccccc45)c3)cc2)cc1. The Hall–Kier alpha value is -6.84. The third-order valence-corrected chi connectivity index (χ3v) is 9.85. The van der Waals surface area contributed by atoms with Gasteiger partial charge in [0.15, 0.2) is 0 Å². The van der Waals surface area contributed by atoms with E-state index in [1.165, 1.54) is 0 Å². The summed E-state index contributed by atoms with van der Waals surface area (Å²) in [5.41, 5.74) is 13.4. The van der Waals surface area contributed by atoms with Gasteiger partial charge in [0, 0.05) is 49.7 Å². The Morgan fingerprint density at radius 1 is 0.294 bits per heavy atom. The smallest absolute Gasteiger partial charge is 0.143 e. The summed E-state index contributed by atoms with van der Waals surface area (Å²) < 4.78 is 13.1. The predicted molar refractivity (Wildman–Crippen MR) is 212 cm³/mol. The van der Waals surface area contributed by atoms with E-state index in [1.54, 1.807) is 0 Å². The summed E-state index contributed by atoms with van der Waals surface area (Å²) >= 11 is 0. The largest absolute Gasteiger partial charge is 0.455 e. The van der Waals surface area contributed by atoms with E-state index in [2.05, 4.69) is 169 Å². The van der Waals surface area contributed by atoms with Crippen molar-refractivity contribution in [1.82, 2.24) is 0 Å². The first-order chi connectivity index (χ1) is 25.3. The molecule has 0 atom stereocenters. The molecular formula is C48H31NO2. The van der Waals surface area contributed by atoms with Crippen LogP contribution in [0.5, 0.6) is 0 Å². The molecule has 0 saturated carbocycles. The van der Waals surface area contributed by atoms with E-state index in [9.17, 15) is 0 Å². The first-order valence-corrected chi connectivity index (χ1v) is 17.3. The zero-order valence-corrected chi connectivity index (χ0v) is 27.7. The molecule has 0 N–H and O–H groups in total. The molecule has 0 aliphatic carbocycles. The van der Waals surface area contributed by atoms with Gasteiger partial charge in [-0.25, -0.2) is 0 Å². The molecule has 3 nitrogen and oxygen atoms in total. The van der Waals surface area contributed by atoms with E-state index in [0.717, 1.165) is 94.3 Å². The van der Waals surface area contributed by atoms with Gasteiger partial charge in [0.2, 0.25) is 0 Å². The average Bonchev–Trinajstić information content (AvgIpc) is 3.78. The molecule has 0 aliphatic heterocycles.